The van der Waals surface area contributed by atoms with Crippen LogP contribution in [0, 0.1) is 0 Å². The van der Waals surface area contributed by atoms with Gasteiger partial charge in [0.25, 0.3) is 0 Å². The van der Waals surface area contributed by atoms with Crippen molar-refractivity contribution in [3.63, 3.8) is 0 Å². The summed E-state index contributed by atoms with van der Waals surface area (Å²) in [6.45, 7) is 1.58. The number of benzene rings is 2. The average molecular weight is 430 g/mol. The maximum atomic E-state index is 13.1. The van der Waals surface area contributed by atoms with Crippen LogP contribution in [0.2, 0.25) is 0 Å². The lowest BCUT2D eigenvalue weighted by molar-refractivity contribution is -0.134. The largest absolute Gasteiger partial charge is 0.445 e. The Morgan fingerprint density at radius 2 is 1.40 bits per heavy atom. The van der Waals surface area contributed by atoms with Gasteiger partial charge in [0.1, 0.15) is 12.6 Å². The van der Waals surface area contributed by atoms with Gasteiger partial charge < -0.3 is 19.9 Å². The molecule has 1 aliphatic heterocycles. The second-order valence-electron chi connectivity index (χ2n) is 7.01. The normalized spacial score (nSPS) is 14.7. The van der Waals surface area contributed by atoms with Crippen LogP contribution < -0.4 is 5.32 Å². The van der Waals surface area contributed by atoms with E-state index in [2.05, 4.69) is 5.32 Å². The molecular formula is C22H24ClN3O4. The number of carbonyl (C=O) groups excluding carboxylic acids is 3. The number of hydrogen-bond donors (Lipinski definition) is 1. The summed E-state index contributed by atoms with van der Waals surface area (Å²) < 4.78 is 5.29. The van der Waals surface area contributed by atoms with Crippen LogP contribution in [-0.2, 0) is 22.6 Å². The molecule has 2 aromatic rings. The van der Waals surface area contributed by atoms with Crippen LogP contribution in [0.5, 0.6) is 0 Å². The van der Waals surface area contributed by atoms with Gasteiger partial charge in [-0.3, -0.25) is 9.59 Å². The molecule has 0 spiro atoms. The van der Waals surface area contributed by atoms with Gasteiger partial charge in [0.05, 0.1) is 0 Å². The van der Waals surface area contributed by atoms with Gasteiger partial charge in [0.2, 0.25) is 5.91 Å². The fourth-order valence-electron chi connectivity index (χ4n) is 3.28. The summed E-state index contributed by atoms with van der Waals surface area (Å²) in [6.07, 6.45) is -0.308. The smallest absolute Gasteiger partial charge is 0.408 e. The first-order valence-corrected chi connectivity index (χ1v) is 10.1. The van der Waals surface area contributed by atoms with Gasteiger partial charge >= 0.3 is 11.5 Å². The highest BCUT2D eigenvalue weighted by atomic mass is 35.5. The molecule has 0 aromatic heterocycles. The molecule has 7 nitrogen and oxygen atoms in total. The Morgan fingerprint density at radius 3 is 1.97 bits per heavy atom. The highest BCUT2D eigenvalue weighted by molar-refractivity contribution is 6.62. The van der Waals surface area contributed by atoms with E-state index in [-0.39, 0.29) is 12.5 Å². The molecule has 0 saturated carbocycles. The molecule has 1 saturated heterocycles. The van der Waals surface area contributed by atoms with E-state index in [0.29, 0.717) is 32.6 Å². The first-order chi connectivity index (χ1) is 14.5. The van der Waals surface area contributed by atoms with Crippen LogP contribution in [0.25, 0.3) is 0 Å². The van der Waals surface area contributed by atoms with Crippen molar-refractivity contribution in [3.8, 4) is 0 Å². The molecular weight excluding hydrogens is 406 g/mol. The molecule has 30 heavy (non-hydrogen) atoms. The number of alkyl carbamates (subject to hydrolysis) is 1. The van der Waals surface area contributed by atoms with E-state index in [0.717, 1.165) is 11.1 Å². The third kappa shape index (κ3) is 6.22. The Morgan fingerprint density at radius 1 is 0.867 bits per heavy atom. The summed E-state index contributed by atoms with van der Waals surface area (Å²) in [5, 5.41) is 2.19. The van der Waals surface area contributed by atoms with Crippen molar-refractivity contribution >= 4 is 29.0 Å². The first-order valence-electron chi connectivity index (χ1n) is 9.77. The maximum Gasteiger partial charge on any atom is 0.408 e. The Labute approximate surface area is 180 Å². The molecule has 1 atom stereocenters. The van der Waals surface area contributed by atoms with E-state index in [1.165, 1.54) is 4.90 Å². The number of rotatable bonds is 6. The fourth-order valence-corrected chi connectivity index (χ4v) is 3.45. The zero-order valence-electron chi connectivity index (χ0n) is 16.5. The SMILES string of the molecule is O=C(N[C@@H](Cc1ccccc1)C(=O)N1CCN(C(=O)Cl)CC1)OCc1ccccc1. The summed E-state index contributed by atoms with van der Waals surface area (Å²) >= 11 is 5.52. The van der Waals surface area contributed by atoms with Crippen molar-refractivity contribution in [2.75, 3.05) is 26.2 Å². The number of hydrogen-bond acceptors (Lipinski definition) is 4. The molecule has 1 heterocycles. The third-order valence-corrected chi connectivity index (χ3v) is 5.16. The summed E-state index contributed by atoms with van der Waals surface area (Å²) in [4.78, 5) is 39.9. The standard InChI is InChI=1S/C22H24ClN3O4/c23-21(28)26-13-11-25(12-14-26)20(27)19(15-17-7-3-1-4-8-17)24-22(29)30-16-18-9-5-2-6-10-18/h1-10,19H,11-16H2,(H,24,29)/t19-/m0/s1. The van der Waals surface area contributed by atoms with Crippen LogP contribution in [0.1, 0.15) is 11.1 Å². The van der Waals surface area contributed by atoms with Crippen molar-refractivity contribution in [1.82, 2.24) is 15.1 Å². The predicted molar refractivity (Wildman–Crippen MR) is 113 cm³/mol. The number of halogens is 1. The van der Waals surface area contributed by atoms with Crippen LogP contribution in [0.15, 0.2) is 60.7 Å². The minimum absolute atomic E-state index is 0.120. The quantitative estimate of drug-likeness (QED) is 0.565. The molecule has 3 rings (SSSR count). The molecule has 2 aromatic carbocycles. The van der Waals surface area contributed by atoms with Crippen molar-refractivity contribution in [3.05, 3.63) is 71.8 Å². The van der Waals surface area contributed by atoms with E-state index in [9.17, 15) is 14.4 Å². The molecule has 1 fully saturated rings. The summed E-state index contributed by atoms with van der Waals surface area (Å²) in [5.41, 5.74) is 1.79. The molecule has 8 heteroatoms. The predicted octanol–water partition coefficient (Wildman–Crippen LogP) is 3.03. The Balaban J connectivity index is 1.63. The molecule has 1 aliphatic rings. The van der Waals surface area contributed by atoms with Crippen LogP contribution in [0.3, 0.4) is 0 Å². The molecule has 0 radical (unpaired) electrons. The number of nitrogens with zero attached hydrogens (tertiary/aromatic N) is 2. The van der Waals surface area contributed by atoms with Gasteiger partial charge in [-0.25, -0.2) is 4.79 Å². The number of piperazine rings is 1. The Kier molecular flexibility index (Phi) is 7.68. The van der Waals surface area contributed by atoms with Gasteiger partial charge in [0, 0.05) is 32.6 Å². The van der Waals surface area contributed by atoms with Gasteiger partial charge in [-0.2, -0.15) is 0 Å². The van der Waals surface area contributed by atoms with Crippen molar-refractivity contribution in [2.24, 2.45) is 0 Å². The summed E-state index contributed by atoms with van der Waals surface area (Å²) in [6, 6.07) is 18.0. The number of ether oxygens (including phenoxy) is 1. The second-order valence-corrected chi connectivity index (χ2v) is 7.34. The van der Waals surface area contributed by atoms with Gasteiger partial charge in [-0.1, -0.05) is 60.7 Å². The van der Waals surface area contributed by atoms with Gasteiger partial charge in [-0.05, 0) is 22.7 Å². The van der Waals surface area contributed by atoms with Crippen LogP contribution >= 0.6 is 11.6 Å². The fraction of sp³-hybridized carbons (Fsp3) is 0.318. The van der Waals surface area contributed by atoms with E-state index >= 15 is 0 Å². The topological polar surface area (TPSA) is 79.0 Å². The van der Waals surface area contributed by atoms with E-state index in [4.69, 9.17) is 16.3 Å². The van der Waals surface area contributed by atoms with Gasteiger partial charge in [0.15, 0.2) is 0 Å². The van der Waals surface area contributed by atoms with E-state index in [1.54, 1.807) is 4.90 Å². The summed E-state index contributed by atoms with van der Waals surface area (Å²) in [5.74, 6) is -0.211. The number of amides is 3. The Bertz CT molecular complexity index is 855. The van der Waals surface area contributed by atoms with Crippen molar-refractivity contribution in [1.29, 1.82) is 0 Å². The third-order valence-electron chi connectivity index (χ3n) is 4.93. The number of carbonyl (C=O) groups is 3. The molecule has 158 valence electrons. The highest BCUT2D eigenvalue weighted by Gasteiger charge is 2.30. The van der Waals surface area contributed by atoms with Gasteiger partial charge in [-0.15, -0.1) is 0 Å². The lowest BCUT2D eigenvalue weighted by Gasteiger charge is -2.35. The number of nitrogens with one attached hydrogen (secondary N) is 1. The minimum atomic E-state index is -0.770. The lowest BCUT2D eigenvalue weighted by atomic mass is 10.0. The molecule has 1 N–H and O–H groups in total. The maximum absolute atomic E-state index is 13.1. The average Bonchev–Trinajstić information content (AvgIpc) is 2.78. The second kappa shape index (κ2) is 10.6. The molecule has 0 unspecified atom stereocenters. The molecule has 0 aliphatic carbocycles. The molecule has 3 amide bonds. The first kappa shape index (κ1) is 21.6. The minimum Gasteiger partial charge on any atom is -0.445 e. The van der Waals surface area contributed by atoms with E-state index in [1.807, 2.05) is 60.7 Å². The monoisotopic (exact) mass is 429 g/mol. The molecule has 0 bridgehead atoms. The zero-order chi connectivity index (χ0) is 21.3. The summed E-state index contributed by atoms with van der Waals surface area (Å²) in [7, 11) is 0. The zero-order valence-corrected chi connectivity index (χ0v) is 17.3. The van der Waals surface area contributed by atoms with E-state index < -0.39 is 17.5 Å². The van der Waals surface area contributed by atoms with Crippen molar-refractivity contribution in [2.45, 2.75) is 19.1 Å². The Hall–Kier alpha value is -3.06. The van der Waals surface area contributed by atoms with Crippen molar-refractivity contribution < 1.29 is 19.1 Å². The van der Waals surface area contributed by atoms with Crippen LogP contribution in [-0.4, -0.2) is 59.4 Å². The van der Waals surface area contributed by atoms with Crippen LogP contribution in [0.4, 0.5) is 9.59 Å². The lowest BCUT2D eigenvalue weighted by Crippen LogP contribution is -2.55. The highest BCUT2D eigenvalue weighted by Crippen LogP contribution is 2.11.